The standard InChI is InChI=1S/C15H20N4O2/c1-4-19(5-2)14-7-6-12(9-16-14)10-17-15(20)13-8-11(3)18-21-13/h6-9H,4-5,10H2,1-3H3,(H,17,20). The summed E-state index contributed by atoms with van der Waals surface area (Å²) in [4.78, 5) is 18.4. The molecule has 1 amide bonds. The van der Waals surface area contributed by atoms with E-state index < -0.39 is 0 Å². The summed E-state index contributed by atoms with van der Waals surface area (Å²) >= 11 is 0. The van der Waals surface area contributed by atoms with Crippen molar-refractivity contribution >= 4 is 11.7 Å². The van der Waals surface area contributed by atoms with Crippen molar-refractivity contribution in [1.82, 2.24) is 15.5 Å². The van der Waals surface area contributed by atoms with Gasteiger partial charge >= 0.3 is 0 Å². The van der Waals surface area contributed by atoms with Gasteiger partial charge in [-0.3, -0.25) is 4.79 Å². The maximum Gasteiger partial charge on any atom is 0.290 e. The number of anilines is 1. The number of pyridine rings is 1. The molecule has 6 heteroatoms. The fraction of sp³-hybridized carbons (Fsp3) is 0.400. The summed E-state index contributed by atoms with van der Waals surface area (Å²) in [6, 6.07) is 5.54. The number of nitrogens with zero attached hydrogens (tertiary/aromatic N) is 3. The Morgan fingerprint density at radius 3 is 2.62 bits per heavy atom. The predicted octanol–water partition coefficient (Wildman–Crippen LogP) is 2.15. The van der Waals surface area contributed by atoms with E-state index in [-0.39, 0.29) is 11.7 Å². The lowest BCUT2D eigenvalue weighted by Gasteiger charge is -2.19. The number of hydrogen-bond acceptors (Lipinski definition) is 5. The van der Waals surface area contributed by atoms with Crippen LogP contribution < -0.4 is 10.2 Å². The van der Waals surface area contributed by atoms with E-state index in [4.69, 9.17) is 4.52 Å². The zero-order chi connectivity index (χ0) is 15.2. The number of carbonyl (C=O) groups excluding carboxylic acids is 1. The highest BCUT2D eigenvalue weighted by atomic mass is 16.5. The van der Waals surface area contributed by atoms with Crippen molar-refractivity contribution in [1.29, 1.82) is 0 Å². The first-order valence-electron chi connectivity index (χ1n) is 7.05. The van der Waals surface area contributed by atoms with Crippen molar-refractivity contribution in [2.24, 2.45) is 0 Å². The first kappa shape index (κ1) is 15.0. The molecule has 0 saturated carbocycles. The summed E-state index contributed by atoms with van der Waals surface area (Å²) in [7, 11) is 0. The first-order valence-corrected chi connectivity index (χ1v) is 7.05. The largest absolute Gasteiger partial charge is 0.357 e. The molecule has 0 aromatic carbocycles. The van der Waals surface area contributed by atoms with Crippen LogP contribution in [0.3, 0.4) is 0 Å². The van der Waals surface area contributed by atoms with E-state index in [0.29, 0.717) is 12.2 Å². The maximum atomic E-state index is 11.8. The second-order valence-electron chi connectivity index (χ2n) is 4.71. The van der Waals surface area contributed by atoms with Gasteiger partial charge in [0.25, 0.3) is 5.91 Å². The summed E-state index contributed by atoms with van der Waals surface area (Å²) in [6.45, 7) is 8.21. The average molecular weight is 288 g/mol. The van der Waals surface area contributed by atoms with Crippen LogP contribution in [-0.4, -0.2) is 29.1 Å². The summed E-state index contributed by atoms with van der Waals surface area (Å²) in [5, 5.41) is 6.47. The van der Waals surface area contributed by atoms with Gasteiger partial charge in [-0.2, -0.15) is 0 Å². The minimum atomic E-state index is -0.275. The van der Waals surface area contributed by atoms with E-state index in [2.05, 4.69) is 34.2 Å². The molecular weight excluding hydrogens is 268 g/mol. The monoisotopic (exact) mass is 288 g/mol. The lowest BCUT2D eigenvalue weighted by Crippen LogP contribution is -2.24. The third-order valence-electron chi connectivity index (χ3n) is 3.20. The molecule has 0 aliphatic rings. The van der Waals surface area contributed by atoms with Crippen LogP contribution in [0.5, 0.6) is 0 Å². The fourth-order valence-corrected chi connectivity index (χ4v) is 2.00. The quantitative estimate of drug-likeness (QED) is 0.882. The van der Waals surface area contributed by atoms with Gasteiger partial charge in [-0.05, 0) is 32.4 Å². The van der Waals surface area contributed by atoms with E-state index >= 15 is 0 Å². The molecule has 2 aromatic heterocycles. The van der Waals surface area contributed by atoms with E-state index in [1.807, 2.05) is 12.1 Å². The van der Waals surface area contributed by atoms with Gasteiger partial charge in [-0.1, -0.05) is 11.2 Å². The van der Waals surface area contributed by atoms with Crippen LogP contribution >= 0.6 is 0 Å². The Balaban J connectivity index is 1.93. The lowest BCUT2D eigenvalue weighted by molar-refractivity contribution is 0.0914. The number of rotatable bonds is 6. The van der Waals surface area contributed by atoms with Gasteiger partial charge in [-0.15, -0.1) is 0 Å². The summed E-state index contributed by atoms with van der Waals surface area (Å²) in [6.07, 6.45) is 1.78. The fourth-order valence-electron chi connectivity index (χ4n) is 2.00. The molecule has 6 nitrogen and oxygen atoms in total. The van der Waals surface area contributed by atoms with Gasteiger partial charge in [0.1, 0.15) is 5.82 Å². The first-order chi connectivity index (χ1) is 10.1. The minimum Gasteiger partial charge on any atom is -0.357 e. The van der Waals surface area contributed by atoms with E-state index in [1.165, 1.54) is 0 Å². The molecule has 21 heavy (non-hydrogen) atoms. The molecule has 0 bridgehead atoms. The maximum absolute atomic E-state index is 11.8. The van der Waals surface area contributed by atoms with Crippen LogP contribution in [0.15, 0.2) is 28.9 Å². The predicted molar refractivity (Wildman–Crippen MR) is 80.2 cm³/mol. The molecule has 0 spiro atoms. The van der Waals surface area contributed by atoms with E-state index in [0.717, 1.165) is 24.5 Å². The molecular formula is C15H20N4O2. The zero-order valence-corrected chi connectivity index (χ0v) is 12.6. The number of aromatic nitrogens is 2. The number of hydrogen-bond donors (Lipinski definition) is 1. The number of aryl methyl sites for hydroxylation is 1. The molecule has 112 valence electrons. The van der Waals surface area contributed by atoms with Gasteiger partial charge in [-0.25, -0.2) is 4.98 Å². The zero-order valence-electron chi connectivity index (χ0n) is 12.6. The Morgan fingerprint density at radius 1 is 1.33 bits per heavy atom. The molecule has 2 rings (SSSR count). The van der Waals surface area contributed by atoms with Gasteiger partial charge in [0.2, 0.25) is 5.76 Å². The second-order valence-corrected chi connectivity index (χ2v) is 4.71. The van der Waals surface area contributed by atoms with Crippen molar-refractivity contribution < 1.29 is 9.32 Å². The highest BCUT2D eigenvalue weighted by molar-refractivity contribution is 5.91. The van der Waals surface area contributed by atoms with Crippen LogP contribution in [-0.2, 0) is 6.54 Å². The van der Waals surface area contributed by atoms with Crippen molar-refractivity contribution in [3.05, 3.63) is 41.4 Å². The third kappa shape index (κ3) is 3.81. The smallest absolute Gasteiger partial charge is 0.290 e. The van der Waals surface area contributed by atoms with Crippen LogP contribution in [0.25, 0.3) is 0 Å². The highest BCUT2D eigenvalue weighted by Crippen LogP contribution is 2.11. The van der Waals surface area contributed by atoms with Crippen molar-refractivity contribution in [2.75, 3.05) is 18.0 Å². The third-order valence-corrected chi connectivity index (χ3v) is 3.20. The number of carbonyl (C=O) groups is 1. The Morgan fingerprint density at radius 2 is 2.10 bits per heavy atom. The Bertz CT molecular complexity index is 588. The van der Waals surface area contributed by atoms with Crippen LogP contribution in [0.2, 0.25) is 0 Å². The minimum absolute atomic E-state index is 0.222. The Kier molecular flexibility index (Phi) is 4.92. The van der Waals surface area contributed by atoms with E-state index in [9.17, 15) is 4.79 Å². The molecule has 0 fully saturated rings. The van der Waals surface area contributed by atoms with Crippen LogP contribution in [0.4, 0.5) is 5.82 Å². The topological polar surface area (TPSA) is 71.3 Å². The van der Waals surface area contributed by atoms with Gasteiger partial charge in [0.05, 0.1) is 5.69 Å². The van der Waals surface area contributed by atoms with Crippen LogP contribution in [0, 0.1) is 6.92 Å². The molecule has 0 aliphatic heterocycles. The van der Waals surface area contributed by atoms with Crippen molar-refractivity contribution in [3.63, 3.8) is 0 Å². The van der Waals surface area contributed by atoms with Gasteiger partial charge < -0.3 is 14.7 Å². The molecule has 0 unspecified atom stereocenters. The van der Waals surface area contributed by atoms with Crippen molar-refractivity contribution in [2.45, 2.75) is 27.3 Å². The normalized spacial score (nSPS) is 10.4. The Labute approximate surface area is 124 Å². The summed E-state index contributed by atoms with van der Waals surface area (Å²) in [5.74, 6) is 0.893. The molecule has 2 aromatic rings. The number of nitrogens with one attached hydrogen (secondary N) is 1. The highest BCUT2D eigenvalue weighted by Gasteiger charge is 2.11. The second kappa shape index (κ2) is 6.88. The molecule has 1 N–H and O–H groups in total. The van der Waals surface area contributed by atoms with Gasteiger partial charge in [0, 0.05) is 31.9 Å². The van der Waals surface area contributed by atoms with Crippen LogP contribution in [0.1, 0.15) is 35.7 Å². The molecule has 0 aliphatic carbocycles. The van der Waals surface area contributed by atoms with Gasteiger partial charge in [0.15, 0.2) is 0 Å². The van der Waals surface area contributed by atoms with E-state index in [1.54, 1.807) is 19.2 Å². The summed E-state index contributed by atoms with van der Waals surface area (Å²) < 4.78 is 4.91. The SMILES string of the molecule is CCN(CC)c1ccc(CNC(=O)c2cc(C)no2)cn1. The molecule has 0 atom stereocenters. The Hall–Kier alpha value is -2.37. The summed E-state index contributed by atoms with van der Waals surface area (Å²) in [5.41, 5.74) is 1.63. The molecule has 0 radical (unpaired) electrons. The average Bonchev–Trinajstić information content (AvgIpc) is 2.94. The number of amides is 1. The molecule has 2 heterocycles. The lowest BCUT2D eigenvalue weighted by atomic mass is 10.2. The molecule has 0 saturated heterocycles. The van der Waals surface area contributed by atoms with Crippen molar-refractivity contribution in [3.8, 4) is 0 Å².